The molecule has 3 rings (SSSR count). The number of rotatable bonds is 15. The topological polar surface area (TPSA) is 105 Å². The van der Waals surface area contributed by atoms with Crippen LogP contribution in [0.25, 0.3) is 0 Å². The lowest BCUT2D eigenvalue weighted by Crippen LogP contribution is -2.52. The van der Waals surface area contributed by atoms with Crippen LogP contribution in [-0.4, -0.2) is 58.5 Å². The van der Waals surface area contributed by atoms with E-state index in [0.29, 0.717) is 23.7 Å². The summed E-state index contributed by atoms with van der Waals surface area (Å²) in [6, 6.07) is 18.6. The lowest BCUT2D eigenvalue weighted by molar-refractivity contribution is -0.140. The largest absolute Gasteiger partial charge is 0.497 e. The number of hydrogen-bond acceptors (Lipinski definition) is 6. The molecule has 0 spiro atoms. The first-order valence-electron chi connectivity index (χ1n) is 13.8. The van der Waals surface area contributed by atoms with Gasteiger partial charge >= 0.3 is 0 Å². The van der Waals surface area contributed by atoms with Crippen LogP contribution in [0.4, 0.5) is 5.69 Å². The Bertz CT molecular complexity index is 1430. The van der Waals surface area contributed by atoms with Crippen LogP contribution in [0.15, 0.2) is 77.7 Å². The van der Waals surface area contributed by atoms with Gasteiger partial charge in [0.15, 0.2) is 0 Å². The predicted octanol–water partition coefficient (Wildman–Crippen LogP) is 5.28. The van der Waals surface area contributed by atoms with E-state index in [-0.39, 0.29) is 28.8 Å². The number of para-hydroxylation sites is 2. The molecule has 1 N–H and O–H groups in total. The third-order valence-electron chi connectivity index (χ3n) is 6.76. The van der Waals surface area contributed by atoms with E-state index in [2.05, 4.69) is 5.32 Å². The Morgan fingerprint density at radius 1 is 0.929 bits per heavy atom. The normalized spacial score (nSPS) is 11.8. The summed E-state index contributed by atoms with van der Waals surface area (Å²) in [7, 11) is -1.34. The number of ether oxygens (including phenoxy) is 2. The number of unbranched alkanes of at least 4 members (excludes halogenated alkanes) is 1. The molecule has 0 saturated heterocycles. The Balaban J connectivity index is 2.07. The summed E-state index contributed by atoms with van der Waals surface area (Å²) in [5, 5.41) is 3.45. The summed E-state index contributed by atoms with van der Waals surface area (Å²) in [4.78, 5) is 28.8. The molecule has 0 aliphatic rings. The van der Waals surface area contributed by atoms with Gasteiger partial charge in [0.2, 0.25) is 11.8 Å². The standard InChI is InChI=1S/C31H38ClN3O6S/c1-5-7-20-33-31(37)27(6-2)34(21-23-12-14-24(32)15-13-23)30(36)22-35(28-10-8-9-11-29(28)41-4)42(38,39)26-18-16-25(40-3)17-19-26/h8-19,27H,5-7,20-22H2,1-4H3,(H,33,37)/t27-/m1/s1. The molecule has 0 aromatic heterocycles. The number of halogens is 1. The van der Waals surface area contributed by atoms with Crippen molar-refractivity contribution in [3.05, 3.63) is 83.4 Å². The van der Waals surface area contributed by atoms with Crippen molar-refractivity contribution in [3.63, 3.8) is 0 Å². The quantitative estimate of drug-likeness (QED) is 0.233. The first kappa shape index (κ1) is 32.8. The molecule has 42 heavy (non-hydrogen) atoms. The van der Waals surface area contributed by atoms with Crippen molar-refractivity contribution in [3.8, 4) is 11.5 Å². The van der Waals surface area contributed by atoms with Gasteiger partial charge in [-0.3, -0.25) is 13.9 Å². The summed E-state index contributed by atoms with van der Waals surface area (Å²) in [5.74, 6) is -0.0839. The summed E-state index contributed by atoms with van der Waals surface area (Å²) < 4.78 is 39.8. The number of nitrogens with one attached hydrogen (secondary N) is 1. The van der Waals surface area contributed by atoms with Crippen LogP contribution in [0.5, 0.6) is 11.5 Å². The van der Waals surface area contributed by atoms with E-state index < -0.39 is 28.5 Å². The fourth-order valence-corrected chi connectivity index (χ4v) is 5.99. The molecule has 0 aliphatic heterocycles. The Morgan fingerprint density at radius 3 is 2.19 bits per heavy atom. The van der Waals surface area contributed by atoms with Crippen LogP contribution >= 0.6 is 11.6 Å². The average molecular weight is 616 g/mol. The number of hydrogen-bond donors (Lipinski definition) is 1. The van der Waals surface area contributed by atoms with Crippen LogP contribution < -0.4 is 19.1 Å². The van der Waals surface area contributed by atoms with Crippen molar-refractivity contribution in [1.29, 1.82) is 0 Å². The molecular formula is C31H38ClN3O6S. The molecule has 3 aromatic carbocycles. The first-order valence-corrected chi connectivity index (χ1v) is 15.6. The van der Waals surface area contributed by atoms with Gasteiger partial charge in [0.05, 0.1) is 24.8 Å². The van der Waals surface area contributed by atoms with E-state index in [9.17, 15) is 18.0 Å². The summed E-state index contributed by atoms with van der Waals surface area (Å²) in [6.45, 7) is 3.83. The molecular weight excluding hydrogens is 578 g/mol. The van der Waals surface area contributed by atoms with Crippen LogP contribution in [-0.2, 0) is 26.2 Å². The zero-order valence-electron chi connectivity index (χ0n) is 24.4. The minimum Gasteiger partial charge on any atom is -0.497 e. The molecule has 0 heterocycles. The molecule has 2 amide bonds. The highest BCUT2D eigenvalue weighted by Crippen LogP contribution is 2.33. The predicted molar refractivity (Wildman–Crippen MR) is 165 cm³/mol. The zero-order valence-corrected chi connectivity index (χ0v) is 26.0. The lowest BCUT2D eigenvalue weighted by Gasteiger charge is -2.33. The third kappa shape index (κ3) is 8.17. The van der Waals surface area contributed by atoms with Gasteiger partial charge in [-0.2, -0.15) is 0 Å². The van der Waals surface area contributed by atoms with Gasteiger partial charge in [-0.05, 0) is 66.9 Å². The summed E-state index contributed by atoms with van der Waals surface area (Å²) >= 11 is 6.08. The van der Waals surface area contributed by atoms with Crippen molar-refractivity contribution in [2.75, 3.05) is 31.6 Å². The maximum atomic E-state index is 14.2. The summed E-state index contributed by atoms with van der Waals surface area (Å²) in [6.07, 6.45) is 2.04. The SMILES string of the molecule is CCCCNC(=O)[C@@H](CC)N(Cc1ccc(Cl)cc1)C(=O)CN(c1ccccc1OC)S(=O)(=O)c1ccc(OC)cc1. The number of carbonyl (C=O) groups is 2. The molecule has 226 valence electrons. The van der Waals surface area contributed by atoms with Gasteiger partial charge in [0.25, 0.3) is 10.0 Å². The van der Waals surface area contributed by atoms with E-state index in [1.54, 1.807) is 48.5 Å². The van der Waals surface area contributed by atoms with Crippen molar-refractivity contribution < 1.29 is 27.5 Å². The number of benzene rings is 3. The van der Waals surface area contributed by atoms with E-state index in [1.807, 2.05) is 13.8 Å². The molecule has 0 radical (unpaired) electrons. The van der Waals surface area contributed by atoms with E-state index in [0.717, 1.165) is 22.7 Å². The van der Waals surface area contributed by atoms with Gasteiger partial charge in [0, 0.05) is 18.1 Å². The van der Waals surface area contributed by atoms with Crippen molar-refractivity contribution >= 4 is 39.1 Å². The van der Waals surface area contributed by atoms with Crippen LogP contribution in [0, 0.1) is 0 Å². The number of sulfonamides is 1. The minimum atomic E-state index is -4.26. The van der Waals surface area contributed by atoms with Gasteiger partial charge in [-0.1, -0.05) is 56.1 Å². The Morgan fingerprint density at radius 2 is 1.60 bits per heavy atom. The fourth-order valence-electron chi connectivity index (χ4n) is 4.44. The molecule has 0 unspecified atom stereocenters. The number of methoxy groups -OCH3 is 2. The third-order valence-corrected chi connectivity index (χ3v) is 8.79. The average Bonchev–Trinajstić information content (AvgIpc) is 3.00. The first-order chi connectivity index (χ1) is 20.2. The zero-order chi connectivity index (χ0) is 30.7. The highest BCUT2D eigenvalue weighted by Gasteiger charge is 2.34. The van der Waals surface area contributed by atoms with Crippen molar-refractivity contribution in [2.24, 2.45) is 0 Å². The van der Waals surface area contributed by atoms with Crippen molar-refractivity contribution in [2.45, 2.75) is 50.6 Å². The van der Waals surface area contributed by atoms with E-state index in [4.69, 9.17) is 21.1 Å². The molecule has 1 atom stereocenters. The van der Waals surface area contributed by atoms with Gasteiger partial charge < -0.3 is 19.7 Å². The smallest absolute Gasteiger partial charge is 0.264 e. The Kier molecular flexibility index (Phi) is 12.1. The molecule has 0 fully saturated rings. The maximum Gasteiger partial charge on any atom is 0.264 e. The van der Waals surface area contributed by atoms with Gasteiger partial charge in [0.1, 0.15) is 24.1 Å². The Labute approximate surface area is 253 Å². The second-order valence-electron chi connectivity index (χ2n) is 9.58. The molecule has 0 bridgehead atoms. The lowest BCUT2D eigenvalue weighted by atomic mass is 10.1. The van der Waals surface area contributed by atoms with E-state index in [1.165, 1.54) is 43.4 Å². The van der Waals surface area contributed by atoms with Gasteiger partial charge in [-0.25, -0.2) is 8.42 Å². The molecule has 9 nitrogen and oxygen atoms in total. The number of carbonyl (C=O) groups excluding carboxylic acids is 2. The fraction of sp³-hybridized carbons (Fsp3) is 0.355. The van der Waals surface area contributed by atoms with Crippen LogP contribution in [0.3, 0.4) is 0 Å². The Hall–Kier alpha value is -3.76. The number of anilines is 1. The van der Waals surface area contributed by atoms with E-state index >= 15 is 0 Å². The minimum absolute atomic E-state index is 0.0318. The molecule has 3 aromatic rings. The van der Waals surface area contributed by atoms with Crippen LogP contribution in [0.2, 0.25) is 5.02 Å². The molecule has 0 saturated carbocycles. The second-order valence-corrected chi connectivity index (χ2v) is 11.9. The highest BCUT2D eigenvalue weighted by atomic mass is 35.5. The van der Waals surface area contributed by atoms with Crippen molar-refractivity contribution in [1.82, 2.24) is 10.2 Å². The summed E-state index contributed by atoms with van der Waals surface area (Å²) in [5.41, 5.74) is 0.936. The molecule has 0 aliphatic carbocycles. The second kappa shape index (κ2) is 15.5. The maximum absolute atomic E-state index is 14.2. The van der Waals surface area contributed by atoms with Crippen LogP contribution in [0.1, 0.15) is 38.7 Å². The number of nitrogens with zero attached hydrogens (tertiary/aromatic N) is 2. The monoisotopic (exact) mass is 615 g/mol. The number of amides is 2. The molecule has 11 heteroatoms. The van der Waals surface area contributed by atoms with Gasteiger partial charge in [-0.15, -0.1) is 0 Å². The highest BCUT2D eigenvalue weighted by molar-refractivity contribution is 7.92.